The first-order valence-corrected chi connectivity index (χ1v) is 16.9. The number of rotatable bonds is 13. The molecule has 0 radical (unpaired) electrons. The molecule has 13 nitrogen and oxygen atoms in total. The number of methoxy groups -OCH3 is 1. The second-order valence-electron chi connectivity index (χ2n) is 13.2. The minimum absolute atomic E-state index is 0.00729. The predicted molar refractivity (Wildman–Crippen MR) is 175 cm³/mol. The Morgan fingerprint density at radius 2 is 1.78 bits per heavy atom. The largest absolute Gasteiger partial charge is 0.473 e. The van der Waals surface area contributed by atoms with Crippen LogP contribution in [0.15, 0.2) is 12.1 Å². The van der Waals surface area contributed by atoms with E-state index >= 15 is 0 Å². The van der Waals surface area contributed by atoms with Gasteiger partial charge in [0, 0.05) is 58.1 Å². The number of likely N-dealkylation sites (tertiary alicyclic amines) is 1. The molecule has 1 aromatic carbocycles. The van der Waals surface area contributed by atoms with Crippen molar-refractivity contribution in [3.05, 3.63) is 23.3 Å². The SMILES string of the molecule is CCC(=O)NCCN1C(=O)[C@](C)(COC)Oc2cc(C(F)(F)F)c(C(=O)N(C(C)C)[C@@H]3CCCN(C(=O)OC(OC(=O)CC)C(C)C)C3)cc21. The molecular formula is C34H49F3N4O9. The molecule has 0 saturated carbocycles. The second-order valence-corrected chi connectivity index (χ2v) is 13.2. The van der Waals surface area contributed by atoms with E-state index in [1.54, 1.807) is 41.5 Å². The molecule has 280 valence electrons. The molecule has 1 N–H and O–H groups in total. The van der Waals surface area contributed by atoms with Crippen LogP contribution in [-0.4, -0.2) is 103 Å². The average Bonchev–Trinajstić information content (AvgIpc) is 3.05. The van der Waals surface area contributed by atoms with Gasteiger partial charge in [0.25, 0.3) is 18.1 Å². The molecule has 0 aromatic heterocycles. The Balaban J connectivity index is 2.02. The molecule has 0 aliphatic carbocycles. The Labute approximate surface area is 290 Å². The number of alkyl halides is 3. The zero-order chi connectivity index (χ0) is 37.6. The van der Waals surface area contributed by atoms with E-state index in [1.165, 1.54) is 28.7 Å². The van der Waals surface area contributed by atoms with Crippen molar-refractivity contribution < 1.29 is 56.1 Å². The zero-order valence-corrected chi connectivity index (χ0v) is 30.0. The van der Waals surface area contributed by atoms with Crippen LogP contribution in [0.1, 0.15) is 90.1 Å². The smallest absolute Gasteiger partial charge is 0.417 e. The molecule has 2 aliphatic heterocycles. The summed E-state index contributed by atoms with van der Waals surface area (Å²) >= 11 is 0. The van der Waals surface area contributed by atoms with Crippen molar-refractivity contribution in [1.82, 2.24) is 15.1 Å². The summed E-state index contributed by atoms with van der Waals surface area (Å²) in [6.45, 7) is 11.2. The lowest BCUT2D eigenvalue weighted by Crippen LogP contribution is -2.58. The van der Waals surface area contributed by atoms with Gasteiger partial charge in [-0.15, -0.1) is 0 Å². The summed E-state index contributed by atoms with van der Waals surface area (Å²) < 4.78 is 65.9. The summed E-state index contributed by atoms with van der Waals surface area (Å²) in [6.07, 6.45) is -5.83. The predicted octanol–water partition coefficient (Wildman–Crippen LogP) is 4.75. The molecular weight excluding hydrogens is 665 g/mol. The van der Waals surface area contributed by atoms with Gasteiger partial charge in [0.1, 0.15) is 5.75 Å². The monoisotopic (exact) mass is 714 g/mol. The molecule has 3 rings (SSSR count). The minimum Gasteiger partial charge on any atom is -0.473 e. The lowest BCUT2D eigenvalue weighted by atomic mass is 9.96. The third kappa shape index (κ3) is 9.37. The van der Waals surface area contributed by atoms with Crippen LogP contribution in [0.5, 0.6) is 5.75 Å². The van der Waals surface area contributed by atoms with Gasteiger partial charge in [-0.3, -0.25) is 19.2 Å². The maximum absolute atomic E-state index is 14.7. The first kappa shape index (κ1) is 40.4. The van der Waals surface area contributed by atoms with Crippen molar-refractivity contribution in [2.45, 2.75) is 104 Å². The summed E-state index contributed by atoms with van der Waals surface area (Å²) in [5.74, 6) is -3.03. The van der Waals surface area contributed by atoms with Gasteiger partial charge in [-0.2, -0.15) is 13.2 Å². The minimum atomic E-state index is -4.99. The second kappa shape index (κ2) is 16.8. The lowest BCUT2D eigenvalue weighted by Gasteiger charge is -2.42. The Morgan fingerprint density at radius 1 is 1.10 bits per heavy atom. The summed E-state index contributed by atoms with van der Waals surface area (Å²) in [5.41, 5.74) is -3.71. The number of hydrogen-bond acceptors (Lipinski definition) is 9. The van der Waals surface area contributed by atoms with E-state index in [9.17, 15) is 37.1 Å². The number of carbonyl (C=O) groups is 5. The molecule has 4 amide bonds. The van der Waals surface area contributed by atoms with E-state index in [1.807, 2.05) is 0 Å². The van der Waals surface area contributed by atoms with Gasteiger partial charge in [0.2, 0.25) is 11.5 Å². The molecule has 1 saturated heterocycles. The topological polar surface area (TPSA) is 144 Å². The van der Waals surface area contributed by atoms with Crippen LogP contribution in [0.3, 0.4) is 0 Å². The molecule has 1 unspecified atom stereocenters. The highest BCUT2D eigenvalue weighted by Crippen LogP contribution is 2.44. The Hall–Kier alpha value is -4.08. The van der Waals surface area contributed by atoms with Crippen LogP contribution in [0, 0.1) is 5.92 Å². The molecule has 50 heavy (non-hydrogen) atoms. The van der Waals surface area contributed by atoms with Crippen molar-refractivity contribution in [3.8, 4) is 5.75 Å². The van der Waals surface area contributed by atoms with E-state index < -0.39 is 65.2 Å². The van der Waals surface area contributed by atoms with Crippen LogP contribution in [0.2, 0.25) is 0 Å². The number of carbonyl (C=O) groups excluding carboxylic acids is 5. The van der Waals surface area contributed by atoms with Crippen molar-refractivity contribution in [3.63, 3.8) is 0 Å². The number of nitrogens with zero attached hydrogens (tertiary/aromatic N) is 3. The molecule has 0 spiro atoms. The van der Waals surface area contributed by atoms with E-state index in [-0.39, 0.29) is 68.9 Å². The Bertz CT molecular complexity index is 1420. The number of piperidine rings is 1. The molecule has 2 aliphatic rings. The van der Waals surface area contributed by atoms with Crippen molar-refractivity contribution in [1.29, 1.82) is 0 Å². The molecule has 16 heteroatoms. The van der Waals surface area contributed by atoms with Gasteiger partial charge in [-0.05, 0) is 45.7 Å². The van der Waals surface area contributed by atoms with Crippen LogP contribution >= 0.6 is 0 Å². The average molecular weight is 715 g/mol. The number of halogens is 3. The van der Waals surface area contributed by atoms with Crippen LogP contribution < -0.4 is 15.0 Å². The quantitative estimate of drug-likeness (QED) is 0.226. The van der Waals surface area contributed by atoms with Gasteiger partial charge < -0.3 is 39.0 Å². The van der Waals surface area contributed by atoms with Crippen molar-refractivity contribution >= 4 is 35.5 Å². The highest BCUT2D eigenvalue weighted by Gasteiger charge is 2.48. The summed E-state index contributed by atoms with van der Waals surface area (Å²) in [7, 11) is 1.32. The van der Waals surface area contributed by atoms with Crippen LogP contribution in [-0.2, 0) is 34.8 Å². The van der Waals surface area contributed by atoms with Gasteiger partial charge in [-0.25, -0.2) is 4.79 Å². The number of amides is 4. The third-order valence-electron chi connectivity index (χ3n) is 8.49. The number of esters is 1. The molecule has 1 fully saturated rings. The lowest BCUT2D eigenvalue weighted by molar-refractivity contribution is -0.176. The summed E-state index contributed by atoms with van der Waals surface area (Å²) in [5, 5.41) is 2.66. The first-order valence-electron chi connectivity index (χ1n) is 16.9. The summed E-state index contributed by atoms with van der Waals surface area (Å²) in [4.78, 5) is 68.9. The number of nitrogens with one attached hydrogen (secondary N) is 1. The van der Waals surface area contributed by atoms with Crippen LogP contribution in [0.25, 0.3) is 0 Å². The van der Waals surface area contributed by atoms with E-state index in [2.05, 4.69) is 5.32 Å². The van der Waals surface area contributed by atoms with Gasteiger partial charge >= 0.3 is 18.2 Å². The number of fused-ring (bicyclic) bond motifs is 1. The first-order chi connectivity index (χ1) is 23.4. The molecule has 3 atom stereocenters. The number of benzene rings is 1. The standard InChI is InChI=1S/C34H49F3N4O9/c1-9-27(42)38-13-15-40-25-16-23(24(34(35,36)37)17-26(25)50-33(7,19-47-8)31(40)45)29(44)41(21(5)6)22-12-11-14-39(18-22)32(46)49-30(20(3)4)48-28(43)10-2/h16-17,20-22,30H,9-15,18-19H2,1-8H3,(H,38,42)/t22-,30?,33+/m1/s1. The fourth-order valence-electron chi connectivity index (χ4n) is 5.97. The van der Waals surface area contributed by atoms with Gasteiger partial charge in [-0.1, -0.05) is 27.7 Å². The van der Waals surface area contributed by atoms with Gasteiger partial charge in [0.05, 0.1) is 29.5 Å². The highest BCUT2D eigenvalue weighted by molar-refractivity contribution is 6.05. The van der Waals surface area contributed by atoms with Crippen molar-refractivity contribution in [2.75, 3.05) is 44.8 Å². The number of ether oxygens (including phenoxy) is 4. The fraction of sp³-hybridized carbons (Fsp3) is 0.676. The van der Waals surface area contributed by atoms with Gasteiger partial charge in [0.15, 0.2) is 0 Å². The maximum Gasteiger partial charge on any atom is 0.417 e. The highest BCUT2D eigenvalue weighted by atomic mass is 19.4. The third-order valence-corrected chi connectivity index (χ3v) is 8.49. The normalized spacial score (nSPS) is 19.9. The number of anilines is 1. The Morgan fingerprint density at radius 3 is 2.34 bits per heavy atom. The van der Waals surface area contributed by atoms with Crippen LogP contribution in [0.4, 0.5) is 23.7 Å². The zero-order valence-electron chi connectivity index (χ0n) is 30.0. The van der Waals surface area contributed by atoms with E-state index in [0.717, 1.165) is 6.07 Å². The van der Waals surface area contributed by atoms with Crippen molar-refractivity contribution in [2.24, 2.45) is 5.92 Å². The maximum atomic E-state index is 14.7. The van der Waals surface area contributed by atoms with E-state index in [4.69, 9.17) is 18.9 Å². The molecule has 1 aromatic rings. The number of hydrogen-bond donors (Lipinski definition) is 1. The molecule has 2 heterocycles. The Kier molecular flexibility index (Phi) is 13.5. The molecule has 0 bridgehead atoms. The van der Waals surface area contributed by atoms with E-state index in [0.29, 0.717) is 18.9 Å². The summed E-state index contributed by atoms with van der Waals surface area (Å²) in [6, 6.07) is 0.428. The fourth-order valence-corrected chi connectivity index (χ4v) is 5.97.